The number of hydrogen-bond donors (Lipinski definition) is 2. The Morgan fingerprint density at radius 3 is 2.38 bits per heavy atom. The second kappa shape index (κ2) is 1.90. The lowest BCUT2D eigenvalue weighted by Gasteiger charge is -2.03. The van der Waals surface area contributed by atoms with Crippen molar-refractivity contribution in [3.8, 4) is 0 Å². The van der Waals surface area contributed by atoms with E-state index in [0.29, 0.717) is 0 Å². The predicted octanol–water partition coefficient (Wildman–Crippen LogP) is -0.379. The number of nitrogens with one attached hydrogen (secondary N) is 2. The summed E-state index contributed by atoms with van der Waals surface area (Å²) < 4.78 is 0. The van der Waals surface area contributed by atoms with Gasteiger partial charge in [0, 0.05) is 30.3 Å². The molecule has 2 rings (SSSR count). The maximum Gasteiger partial charge on any atom is 0.0460 e. The van der Waals surface area contributed by atoms with Crippen LogP contribution in [0.1, 0.15) is 0 Å². The molecule has 0 bridgehead atoms. The maximum absolute atomic E-state index is 3.39. The molecular weight excluding hydrogens is 120 g/mol. The van der Waals surface area contributed by atoms with Crippen LogP contribution in [0.15, 0.2) is 0 Å². The van der Waals surface area contributed by atoms with E-state index < -0.39 is 0 Å². The summed E-state index contributed by atoms with van der Waals surface area (Å²) >= 11 is 2.04. The third-order valence-electron chi connectivity index (χ3n) is 1.81. The zero-order valence-corrected chi connectivity index (χ0v) is 5.50. The Hall–Kier alpha value is 0.270. The second-order valence-electron chi connectivity index (χ2n) is 2.34. The van der Waals surface area contributed by atoms with Gasteiger partial charge in [-0.3, -0.25) is 10.6 Å². The summed E-state index contributed by atoms with van der Waals surface area (Å²) in [5.41, 5.74) is 0. The van der Waals surface area contributed by atoms with Crippen molar-refractivity contribution in [2.75, 3.05) is 18.2 Å². The Morgan fingerprint density at radius 1 is 1.12 bits per heavy atom. The summed E-state index contributed by atoms with van der Waals surface area (Å²) in [6, 6.07) is 1.56. The molecule has 0 saturated carbocycles. The molecule has 0 spiro atoms. The highest BCUT2D eigenvalue weighted by molar-refractivity contribution is 7.99. The molecule has 2 heterocycles. The quantitative estimate of drug-likeness (QED) is 0.467. The molecule has 0 aromatic heterocycles. The van der Waals surface area contributed by atoms with Crippen molar-refractivity contribution in [3.63, 3.8) is 0 Å². The Balaban J connectivity index is 2.04. The van der Waals surface area contributed by atoms with Crippen LogP contribution in [0.4, 0.5) is 0 Å². The van der Waals surface area contributed by atoms with Crippen LogP contribution in [-0.2, 0) is 0 Å². The van der Waals surface area contributed by atoms with E-state index in [1.165, 1.54) is 11.5 Å². The van der Waals surface area contributed by atoms with Crippen molar-refractivity contribution < 1.29 is 0 Å². The van der Waals surface area contributed by atoms with Crippen LogP contribution in [0.2, 0.25) is 0 Å². The molecule has 2 unspecified atom stereocenters. The maximum atomic E-state index is 3.39. The van der Waals surface area contributed by atoms with Crippen molar-refractivity contribution in [1.29, 1.82) is 0 Å². The largest absolute Gasteiger partial charge is 0.299 e. The molecule has 2 saturated heterocycles. The number of thioether (sulfide) groups is 1. The molecule has 2 fully saturated rings. The molecular formula is C5H10N2S. The summed E-state index contributed by atoms with van der Waals surface area (Å²) in [5, 5.41) is 6.77. The summed E-state index contributed by atoms with van der Waals surface area (Å²) in [6.45, 7) is 1.02. The smallest absolute Gasteiger partial charge is 0.0460 e. The molecule has 0 radical (unpaired) electrons. The standard InChI is InChI=1S/C5H10N2S/c1-4-5(2-8-1)7-3-6-4/h4-7H,1-3H2. The monoisotopic (exact) mass is 130 g/mol. The normalized spacial score (nSPS) is 45.0. The number of hydrogen-bond acceptors (Lipinski definition) is 3. The van der Waals surface area contributed by atoms with Gasteiger partial charge in [0.2, 0.25) is 0 Å². The molecule has 2 atom stereocenters. The van der Waals surface area contributed by atoms with Crippen molar-refractivity contribution in [2.45, 2.75) is 12.1 Å². The fourth-order valence-electron chi connectivity index (χ4n) is 1.28. The van der Waals surface area contributed by atoms with Gasteiger partial charge < -0.3 is 0 Å². The van der Waals surface area contributed by atoms with E-state index in [2.05, 4.69) is 10.6 Å². The zero-order chi connectivity index (χ0) is 5.40. The number of fused-ring (bicyclic) bond motifs is 1. The van der Waals surface area contributed by atoms with E-state index in [1.54, 1.807) is 0 Å². The molecule has 3 heteroatoms. The van der Waals surface area contributed by atoms with Gasteiger partial charge in [-0.05, 0) is 0 Å². The molecule has 0 aromatic carbocycles. The van der Waals surface area contributed by atoms with Crippen LogP contribution >= 0.6 is 11.8 Å². The third kappa shape index (κ3) is 0.658. The molecule has 46 valence electrons. The van der Waals surface area contributed by atoms with E-state index in [-0.39, 0.29) is 0 Å². The van der Waals surface area contributed by atoms with Crippen molar-refractivity contribution in [2.24, 2.45) is 0 Å². The minimum absolute atomic E-state index is 0.778. The van der Waals surface area contributed by atoms with E-state index in [9.17, 15) is 0 Å². The van der Waals surface area contributed by atoms with Gasteiger partial charge in [0.25, 0.3) is 0 Å². The highest BCUT2D eigenvalue weighted by atomic mass is 32.2. The minimum atomic E-state index is 0.778. The van der Waals surface area contributed by atoms with E-state index in [4.69, 9.17) is 0 Å². The van der Waals surface area contributed by atoms with Gasteiger partial charge in [-0.2, -0.15) is 11.8 Å². The van der Waals surface area contributed by atoms with Gasteiger partial charge in [-0.25, -0.2) is 0 Å². The third-order valence-corrected chi connectivity index (χ3v) is 3.00. The Kier molecular flexibility index (Phi) is 1.21. The highest BCUT2D eigenvalue weighted by Crippen LogP contribution is 2.19. The molecule has 2 aliphatic rings. The number of rotatable bonds is 0. The first-order valence-electron chi connectivity index (χ1n) is 3.01. The lowest BCUT2D eigenvalue weighted by atomic mass is 10.2. The van der Waals surface area contributed by atoms with E-state index in [0.717, 1.165) is 18.8 Å². The first-order chi connectivity index (χ1) is 3.97. The lowest BCUT2D eigenvalue weighted by Crippen LogP contribution is -2.31. The average molecular weight is 130 g/mol. The fraction of sp³-hybridized carbons (Fsp3) is 1.00. The lowest BCUT2D eigenvalue weighted by molar-refractivity contribution is 0.620. The zero-order valence-electron chi connectivity index (χ0n) is 4.68. The van der Waals surface area contributed by atoms with Gasteiger partial charge in [-0.15, -0.1) is 0 Å². The highest BCUT2D eigenvalue weighted by Gasteiger charge is 2.30. The molecule has 2 nitrogen and oxygen atoms in total. The molecule has 2 N–H and O–H groups in total. The summed E-state index contributed by atoms with van der Waals surface area (Å²) in [5.74, 6) is 2.61. The van der Waals surface area contributed by atoms with Crippen LogP contribution < -0.4 is 10.6 Å². The summed E-state index contributed by atoms with van der Waals surface area (Å²) in [4.78, 5) is 0. The van der Waals surface area contributed by atoms with Gasteiger partial charge in [0.05, 0.1) is 0 Å². The van der Waals surface area contributed by atoms with Crippen molar-refractivity contribution in [1.82, 2.24) is 10.6 Å². The van der Waals surface area contributed by atoms with Gasteiger partial charge in [0.15, 0.2) is 0 Å². The summed E-state index contributed by atoms with van der Waals surface area (Å²) in [7, 11) is 0. The van der Waals surface area contributed by atoms with Crippen LogP contribution in [0, 0.1) is 0 Å². The fourth-order valence-corrected chi connectivity index (χ4v) is 2.62. The van der Waals surface area contributed by atoms with Gasteiger partial charge in [-0.1, -0.05) is 0 Å². The molecule has 0 aromatic rings. The Bertz CT molecular complexity index is 76.4. The van der Waals surface area contributed by atoms with E-state index >= 15 is 0 Å². The average Bonchev–Trinajstić information content (AvgIpc) is 2.15. The van der Waals surface area contributed by atoms with E-state index in [1.807, 2.05) is 11.8 Å². The van der Waals surface area contributed by atoms with Gasteiger partial charge in [0.1, 0.15) is 0 Å². The molecule has 2 aliphatic heterocycles. The first kappa shape index (κ1) is 5.09. The molecule has 8 heavy (non-hydrogen) atoms. The van der Waals surface area contributed by atoms with Crippen molar-refractivity contribution >= 4 is 11.8 Å². The molecule has 0 amide bonds. The Labute approximate surface area is 53.4 Å². The molecule has 0 aliphatic carbocycles. The topological polar surface area (TPSA) is 24.1 Å². The van der Waals surface area contributed by atoms with Gasteiger partial charge >= 0.3 is 0 Å². The van der Waals surface area contributed by atoms with Crippen LogP contribution in [-0.4, -0.2) is 30.3 Å². The first-order valence-corrected chi connectivity index (χ1v) is 4.17. The second-order valence-corrected chi connectivity index (χ2v) is 3.41. The minimum Gasteiger partial charge on any atom is -0.299 e. The van der Waals surface area contributed by atoms with Crippen LogP contribution in [0.3, 0.4) is 0 Å². The Morgan fingerprint density at radius 2 is 1.75 bits per heavy atom. The SMILES string of the molecule is C1NC2CSCC2N1. The predicted molar refractivity (Wildman–Crippen MR) is 36.0 cm³/mol. The summed E-state index contributed by atoms with van der Waals surface area (Å²) in [6.07, 6.45) is 0. The van der Waals surface area contributed by atoms with Crippen LogP contribution in [0.5, 0.6) is 0 Å². The van der Waals surface area contributed by atoms with Crippen molar-refractivity contribution in [3.05, 3.63) is 0 Å². The van der Waals surface area contributed by atoms with Crippen LogP contribution in [0.25, 0.3) is 0 Å².